The van der Waals surface area contributed by atoms with Crippen LogP contribution in [0.5, 0.6) is 17.2 Å². The highest BCUT2D eigenvalue weighted by Gasteiger charge is 2.05. The van der Waals surface area contributed by atoms with E-state index in [1.54, 1.807) is 42.5 Å². The summed E-state index contributed by atoms with van der Waals surface area (Å²) < 4.78 is 24.3. The average Bonchev–Trinajstić information content (AvgIpc) is 2.48. The number of benzene rings is 2. The summed E-state index contributed by atoms with van der Waals surface area (Å²) in [6.07, 6.45) is 0.179. The maximum atomic E-state index is 13.4. The Bertz CT molecular complexity index is 540. The Kier molecular flexibility index (Phi) is 4.96. The summed E-state index contributed by atoms with van der Waals surface area (Å²) >= 11 is 0. The molecule has 1 atom stereocenters. The molecule has 2 aromatic carbocycles. The molecule has 0 fully saturated rings. The second-order valence-corrected chi connectivity index (χ2v) is 4.38. The van der Waals surface area contributed by atoms with Gasteiger partial charge in [0, 0.05) is 0 Å². The quantitative estimate of drug-likeness (QED) is 0.873. The standard InChI is InChI=1S/C16H17FO3/c1-2-12(18)11-19-13-7-9-14(10-8-13)20-16-6-4-3-5-15(16)17/h3-10,12,18H,2,11H2,1H3. The van der Waals surface area contributed by atoms with E-state index in [2.05, 4.69) is 0 Å². The summed E-state index contributed by atoms with van der Waals surface area (Å²) in [5.41, 5.74) is 0. The second kappa shape index (κ2) is 6.91. The van der Waals surface area contributed by atoms with Gasteiger partial charge in [-0.05, 0) is 42.8 Å². The Hall–Kier alpha value is -2.07. The van der Waals surface area contributed by atoms with Crippen LogP contribution in [0.1, 0.15) is 13.3 Å². The molecular weight excluding hydrogens is 259 g/mol. The predicted molar refractivity (Wildman–Crippen MR) is 74.7 cm³/mol. The molecule has 0 saturated heterocycles. The molecule has 0 aliphatic carbocycles. The van der Waals surface area contributed by atoms with Gasteiger partial charge in [-0.1, -0.05) is 19.1 Å². The Morgan fingerprint density at radius 2 is 1.70 bits per heavy atom. The van der Waals surface area contributed by atoms with Gasteiger partial charge in [0.05, 0.1) is 6.10 Å². The predicted octanol–water partition coefficient (Wildman–Crippen LogP) is 3.77. The maximum absolute atomic E-state index is 13.4. The summed E-state index contributed by atoms with van der Waals surface area (Å²) in [4.78, 5) is 0. The number of aliphatic hydroxyl groups excluding tert-OH is 1. The van der Waals surface area contributed by atoms with Gasteiger partial charge in [0.25, 0.3) is 0 Å². The number of aliphatic hydroxyl groups is 1. The van der Waals surface area contributed by atoms with E-state index in [1.165, 1.54) is 6.07 Å². The molecule has 4 heteroatoms. The smallest absolute Gasteiger partial charge is 0.165 e. The molecule has 20 heavy (non-hydrogen) atoms. The summed E-state index contributed by atoms with van der Waals surface area (Å²) in [5, 5.41) is 9.41. The maximum Gasteiger partial charge on any atom is 0.165 e. The van der Waals surface area contributed by atoms with Gasteiger partial charge in [0.1, 0.15) is 18.1 Å². The Labute approximate surface area is 117 Å². The molecule has 1 N–H and O–H groups in total. The van der Waals surface area contributed by atoms with E-state index in [-0.39, 0.29) is 12.4 Å². The number of para-hydroxylation sites is 1. The molecular formula is C16H17FO3. The number of rotatable bonds is 6. The van der Waals surface area contributed by atoms with Crippen molar-refractivity contribution in [3.63, 3.8) is 0 Å². The molecule has 2 rings (SSSR count). The molecule has 2 aromatic rings. The van der Waals surface area contributed by atoms with Crippen LogP contribution in [0, 0.1) is 5.82 Å². The first-order valence-electron chi connectivity index (χ1n) is 6.52. The first-order valence-corrected chi connectivity index (χ1v) is 6.52. The highest BCUT2D eigenvalue weighted by atomic mass is 19.1. The summed E-state index contributed by atoms with van der Waals surface area (Å²) in [6, 6.07) is 13.1. The lowest BCUT2D eigenvalue weighted by molar-refractivity contribution is 0.104. The van der Waals surface area contributed by atoms with Crippen molar-refractivity contribution in [1.29, 1.82) is 0 Å². The molecule has 3 nitrogen and oxygen atoms in total. The average molecular weight is 276 g/mol. The Balaban J connectivity index is 1.96. The third-order valence-corrected chi connectivity index (χ3v) is 2.80. The summed E-state index contributed by atoms with van der Waals surface area (Å²) in [7, 11) is 0. The Morgan fingerprint density at radius 3 is 2.35 bits per heavy atom. The number of halogens is 1. The molecule has 0 aromatic heterocycles. The lowest BCUT2D eigenvalue weighted by atomic mass is 10.3. The van der Waals surface area contributed by atoms with Gasteiger partial charge in [-0.15, -0.1) is 0 Å². The minimum absolute atomic E-state index is 0.183. The fourth-order valence-electron chi connectivity index (χ4n) is 1.57. The third-order valence-electron chi connectivity index (χ3n) is 2.80. The van der Waals surface area contributed by atoms with Crippen LogP contribution in [-0.4, -0.2) is 17.8 Å². The van der Waals surface area contributed by atoms with E-state index >= 15 is 0 Å². The van der Waals surface area contributed by atoms with Crippen LogP contribution in [-0.2, 0) is 0 Å². The van der Waals surface area contributed by atoms with Crippen LogP contribution in [0.25, 0.3) is 0 Å². The molecule has 0 saturated carbocycles. The molecule has 0 aliphatic heterocycles. The third kappa shape index (κ3) is 3.96. The molecule has 0 amide bonds. The first kappa shape index (κ1) is 14.3. The van der Waals surface area contributed by atoms with E-state index in [0.29, 0.717) is 17.9 Å². The van der Waals surface area contributed by atoms with Crippen molar-refractivity contribution in [3.8, 4) is 17.2 Å². The van der Waals surface area contributed by atoms with E-state index in [0.717, 1.165) is 0 Å². The van der Waals surface area contributed by atoms with Gasteiger partial charge in [-0.25, -0.2) is 4.39 Å². The van der Waals surface area contributed by atoms with Gasteiger partial charge in [-0.3, -0.25) is 0 Å². The molecule has 106 valence electrons. The zero-order valence-corrected chi connectivity index (χ0v) is 11.3. The Morgan fingerprint density at radius 1 is 1.05 bits per heavy atom. The zero-order valence-electron chi connectivity index (χ0n) is 11.3. The lowest BCUT2D eigenvalue weighted by Crippen LogP contribution is -2.15. The number of hydrogen-bond acceptors (Lipinski definition) is 3. The van der Waals surface area contributed by atoms with Crippen molar-refractivity contribution in [3.05, 3.63) is 54.3 Å². The molecule has 0 heterocycles. The van der Waals surface area contributed by atoms with Gasteiger partial charge in [0.15, 0.2) is 11.6 Å². The van der Waals surface area contributed by atoms with Gasteiger partial charge in [0.2, 0.25) is 0 Å². The fraction of sp³-hybridized carbons (Fsp3) is 0.250. The fourth-order valence-corrected chi connectivity index (χ4v) is 1.57. The minimum Gasteiger partial charge on any atom is -0.491 e. The summed E-state index contributed by atoms with van der Waals surface area (Å²) in [5.74, 6) is 0.943. The van der Waals surface area contributed by atoms with Crippen molar-refractivity contribution < 1.29 is 19.0 Å². The highest BCUT2D eigenvalue weighted by molar-refractivity contribution is 5.35. The van der Waals surface area contributed by atoms with E-state index in [4.69, 9.17) is 9.47 Å². The topological polar surface area (TPSA) is 38.7 Å². The molecule has 0 radical (unpaired) electrons. The van der Waals surface area contributed by atoms with E-state index in [9.17, 15) is 9.50 Å². The molecule has 0 spiro atoms. The van der Waals surface area contributed by atoms with E-state index < -0.39 is 11.9 Å². The van der Waals surface area contributed by atoms with Crippen LogP contribution >= 0.6 is 0 Å². The van der Waals surface area contributed by atoms with Crippen LogP contribution in [0.15, 0.2) is 48.5 Å². The van der Waals surface area contributed by atoms with Crippen molar-refractivity contribution in [2.24, 2.45) is 0 Å². The first-order chi connectivity index (χ1) is 9.69. The molecule has 0 bridgehead atoms. The van der Waals surface area contributed by atoms with Crippen LogP contribution in [0.2, 0.25) is 0 Å². The monoisotopic (exact) mass is 276 g/mol. The zero-order chi connectivity index (χ0) is 14.4. The number of ether oxygens (including phenoxy) is 2. The van der Waals surface area contributed by atoms with Crippen LogP contribution in [0.3, 0.4) is 0 Å². The van der Waals surface area contributed by atoms with Crippen molar-refractivity contribution in [2.45, 2.75) is 19.4 Å². The SMILES string of the molecule is CCC(O)COc1ccc(Oc2ccccc2F)cc1. The highest BCUT2D eigenvalue weighted by Crippen LogP contribution is 2.25. The minimum atomic E-state index is -0.468. The number of hydrogen-bond donors (Lipinski definition) is 1. The van der Waals surface area contributed by atoms with Crippen LogP contribution < -0.4 is 9.47 Å². The van der Waals surface area contributed by atoms with Gasteiger partial charge in [-0.2, -0.15) is 0 Å². The lowest BCUT2D eigenvalue weighted by Gasteiger charge is -2.11. The largest absolute Gasteiger partial charge is 0.491 e. The molecule has 1 unspecified atom stereocenters. The van der Waals surface area contributed by atoms with Crippen molar-refractivity contribution >= 4 is 0 Å². The van der Waals surface area contributed by atoms with Gasteiger partial charge >= 0.3 is 0 Å². The van der Waals surface area contributed by atoms with Crippen LogP contribution in [0.4, 0.5) is 4.39 Å². The summed E-state index contributed by atoms with van der Waals surface area (Å²) in [6.45, 7) is 2.14. The van der Waals surface area contributed by atoms with Crippen molar-refractivity contribution in [2.75, 3.05) is 6.61 Å². The van der Waals surface area contributed by atoms with Gasteiger partial charge < -0.3 is 14.6 Å². The normalized spacial score (nSPS) is 11.9. The van der Waals surface area contributed by atoms with Crippen molar-refractivity contribution in [1.82, 2.24) is 0 Å². The molecule has 0 aliphatic rings. The second-order valence-electron chi connectivity index (χ2n) is 4.38. The van der Waals surface area contributed by atoms with E-state index in [1.807, 2.05) is 6.92 Å².